The molecule has 7 heteroatoms. The highest BCUT2D eigenvalue weighted by molar-refractivity contribution is 6.00. The second-order valence-corrected chi connectivity index (χ2v) is 7.90. The number of morpholine rings is 1. The lowest BCUT2D eigenvalue weighted by atomic mass is 9.80. The van der Waals surface area contributed by atoms with Crippen molar-refractivity contribution in [2.45, 2.75) is 38.5 Å². The Labute approximate surface area is 180 Å². The van der Waals surface area contributed by atoms with E-state index in [9.17, 15) is 14.0 Å². The lowest BCUT2D eigenvalue weighted by Gasteiger charge is -2.47. The van der Waals surface area contributed by atoms with Gasteiger partial charge in [0.1, 0.15) is 18.2 Å². The van der Waals surface area contributed by atoms with Crippen LogP contribution in [-0.4, -0.2) is 48.7 Å². The van der Waals surface area contributed by atoms with Gasteiger partial charge in [-0.3, -0.25) is 9.69 Å². The number of fused-ring (bicyclic) bond motifs is 2. The number of carbonyl (C=O) groups excluding carboxylic acids is 2. The third kappa shape index (κ3) is 4.71. The van der Waals surface area contributed by atoms with Gasteiger partial charge in [0.05, 0.1) is 37.5 Å². The molecule has 2 aliphatic rings. The van der Waals surface area contributed by atoms with E-state index in [-0.39, 0.29) is 36.0 Å². The van der Waals surface area contributed by atoms with Crippen LogP contribution in [-0.2, 0) is 16.1 Å². The number of hydrogen-bond acceptors (Lipinski definition) is 5. The number of piperidine rings is 1. The summed E-state index contributed by atoms with van der Waals surface area (Å²) in [6.45, 7) is 3.10. The van der Waals surface area contributed by atoms with Crippen LogP contribution < -0.4 is 4.74 Å². The monoisotopic (exact) mass is 427 g/mol. The lowest BCUT2D eigenvalue weighted by Crippen LogP contribution is -2.59. The van der Waals surface area contributed by atoms with E-state index in [0.717, 1.165) is 5.56 Å². The Morgan fingerprint density at radius 3 is 2.48 bits per heavy atom. The maximum absolute atomic E-state index is 13.8. The van der Waals surface area contributed by atoms with Crippen LogP contribution in [0.5, 0.6) is 5.75 Å². The highest BCUT2D eigenvalue weighted by Crippen LogP contribution is 2.36. The molecule has 0 radical (unpaired) electrons. The summed E-state index contributed by atoms with van der Waals surface area (Å²) in [4.78, 5) is 27.8. The quantitative estimate of drug-likeness (QED) is 0.646. The normalized spacial score (nSPS) is 22.6. The van der Waals surface area contributed by atoms with Gasteiger partial charge in [-0.2, -0.15) is 0 Å². The van der Waals surface area contributed by atoms with Crippen LogP contribution >= 0.6 is 0 Å². The summed E-state index contributed by atoms with van der Waals surface area (Å²) in [5, 5.41) is 0. The molecular formula is C24H26FNO5. The standard InChI is InChI=1S/C24H26FNO5/c1-2-30-22-9-8-18(25)12-21(22)23(27)17-10-19-14-29-15-20(11-17)26(19)24(28)31-13-16-6-4-3-5-7-16/h3-9,12,17,19-20H,2,10-11,13-15H2,1H3. The second-order valence-electron chi connectivity index (χ2n) is 7.90. The van der Waals surface area contributed by atoms with Crippen molar-refractivity contribution in [1.29, 1.82) is 0 Å². The van der Waals surface area contributed by atoms with Crippen molar-refractivity contribution >= 4 is 11.9 Å². The highest BCUT2D eigenvalue weighted by Gasteiger charge is 2.45. The van der Waals surface area contributed by atoms with E-state index in [1.807, 2.05) is 37.3 Å². The number of Topliss-reactive ketones (excluding diaryl/α,β-unsaturated/α-hetero) is 1. The molecule has 2 atom stereocenters. The Morgan fingerprint density at radius 2 is 1.81 bits per heavy atom. The molecule has 0 N–H and O–H groups in total. The molecule has 2 bridgehead atoms. The zero-order chi connectivity index (χ0) is 21.8. The lowest BCUT2D eigenvalue weighted by molar-refractivity contribution is -0.0755. The van der Waals surface area contributed by atoms with Gasteiger partial charge in [-0.15, -0.1) is 0 Å². The fourth-order valence-electron chi connectivity index (χ4n) is 4.42. The first-order valence-corrected chi connectivity index (χ1v) is 10.6. The summed E-state index contributed by atoms with van der Waals surface area (Å²) in [5.41, 5.74) is 1.17. The Balaban J connectivity index is 1.46. The maximum Gasteiger partial charge on any atom is 0.410 e. The summed E-state index contributed by atoms with van der Waals surface area (Å²) in [5.74, 6) is -0.576. The first kappa shape index (κ1) is 21.3. The van der Waals surface area contributed by atoms with Crippen molar-refractivity contribution in [2.24, 2.45) is 5.92 Å². The molecule has 0 saturated carbocycles. The fourth-order valence-corrected chi connectivity index (χ4v) is 4.42. The fraction of sp³-hybridized carbons (Fsp3) is 0.417. The number of carbonyl (C=O) groups is 2. The van der Waals surface area contributed by atoms with Crippen LogP contribution in [0, 0.1) is 11.7 Å². The van der Waals surface area contributed by atoms with Gasteiger partial charge in [-0.05, 0) is 43.5 Å². The third-order valence-electron chi connectivity index (χ3n) is 5.81. The molecule has 0 spiro atoms. The largest absolute Gasteiger partial charge is 0.493 e. The van der Waals surface area contributed by atoms with E-state index in [1.54, 1.807) is 4.90 Å². The van der Waals surface area contributed by atoms with Crippen LogP contribution in [0.1, 0.15) is 35.7 Å². The van der Waals surface area contributed by atoms with Crippen molar-refractivity contribution in [3.8, 4) is 5.75 Å². The van der Waals surface area contributed by atoms with E-state index < -0.39 is 11.9 Å². The predicted octanol–water partition coefficient (Wildman–Crippen LogP) is 4.22. The second kappa shape index (κ2) is 9.47. The summed E-state index contributed by atoms with van der Waals surface area (Å²) in [6, 6.07) is 13.0. The molecule has 2 aliphatic heterocycles. The van der Waals surface area contributed by atoms with Gasteiger partial charge >= 0.3 is 6.09 Å². The Kier molecular flexibility index (Phi) is 6.51. The van der Waals surface area contributed by atoms with Crippen LogP contribution in [0.4, 0.5) is 9.18 Å². The molecule has 2 fully saturated rings. The zero-order valence-electron chi connectivity index (χ0n) is 17.5. The number of ether oxygens (including phenoxy) is 3. The first-order chi connectivity index (χ1) is 15.1. The third-order valence-corrected chi connectivity index (χ3v) is 5.81. The Hall–Kier alpha value is -2.93. The summed E-state index contributed by atoms with van der Waals surface area (Å²) in [6.07, 6.45) is 0.490. The minimum absolute atomic E-state index is 0.155. The van der Waals surface area contributed by atoms with E-state index in [1.165, 1.54) is 18.2 Å². The molecule has 2 unspecified atom stereocenters. The van der Waals surface area contributed by atoms with Gasteiger partial charge in [-0.25, -0.2) is 9.18 Å². The van der Waals surface area contributed by atoms with E-state index in [4.69, 9.17) is 14.2 Å². The number of amides is 1. The Bertz CT molecular complexity index is 921. The molecule has 2 saturated heterocycles. The van der Waals surface area contributed by atoms with Crippen LogP contribution in [0.3, 0.4) is 0 Å². The molecule has 2 aromatic carbocycles. The molecule has 2 heterocycles. The summed E-state index contributed by atoms with van der Waals surface area (Å²) < 4.78 is 30.6. The van der Waals surface area contributed by atoms with Crippen molar-refractivity contribution in [1.82, 2.24) is 4.90 Å². The van der Waals surface area contributed by atoms with Crippen LogP contribution in [0.2, 0.25) is 0 Å². The average Bonchev–Trinajstić information content (AvgIpc) is 2.78. The van der Waals surface area contributed by atoms with E-state index in [0.29, 0.717) is 38.4 Å². The molecule has 2 aromatic rings. The molecule has 6 nitrogen and oxygen atoms in total. The maximum atomic E-state index is 13.8. The first-order valence-electron chi connectivity index (χ1n) is 10.6. The number of halogens is 1. The molecule has 0 aromatic heterocycles. The minimum Gasteiger partial charge on any atom is -0.493 e. The van der Waals surface area contributed by atoms with Gasteiger partial charge in [0.2, 0.25) is 0 Å². The van der Waals surface area contributed by atoms with Crippen molar-refractivity contribution in [3.63, 3.8) is 0 Å². The topological polar surface area (TPSA) is 65.1 Å². The summed E-state index contributed by atoms with van der Waals surface area (Å²) >= 11 is 0. The van der Waals surface area contributed by atoms with Crippen molar-refractivity contribution < 1.29 is 28.2 Å². The van der Waals surface area contributed by atoms with Gasteiger partial charge in [0, 0.05) is 5.92 Å². The smallest absolute Gasteiger partial charge is 0.410 e. The molecule has 4 rings (SSSR count). The van der Waals surface area contributed by atoms with E-state index in [2.05, 4.69) is 0 Å². The average molecular weight is 427 g/mol. The number of nitrogens with zero attached hydrogens (tertiary/aromatic N) is 1. The van der Waals surface area contributed by atoms with Crippen LogP contribution in [0.25, 0.3) is 0 Å². The Morgan fingerprint density at radius 1 is 1.10 bits per heavy atom. The molecule has 1 amide bonds. The highest BCUT2D eigenvalue weighted by atomic mass is 19.1. The van der Waals surface area contributed by atoms with Crippen molar-refractivity contribution in [2.75, 3.05) is 19.8 Å². The molecule has 31 heavy (non-hydrogen) atoms. The number of benzene rings is 2. The minimum atomic E-state index is -0.475. The van der Waals surface area contributed by atoms with Gasteiger partial charge in [0.25, 0.3) is 0 Å². The predicted molar refractivity (Wildman–Crippen MR) is 111 cm³/mol. The van der Waals surface area contributed by atoms with Gasteiger partial charge in [0.15, 0.2) is 5.78 Å². The SMILES string of the molecule is CCOc1ccc(F)cc1C(=O)C1CC2COCC(C1)N2C(=O)OCc1ccccc1. The number of rotatable bonds is 6. The van der Waals surface area contributed by atoms with Crippen molar-refractivity contribution in [3.05, 3.63) is 65.5 Å². The van der Waals surface area contributed by atoms with E-state index >= 15 is 0 Å². The molecular weight excluding hydrogens is 401 g/mol. The zero-order valence-corrected chi connectivity index (χ0v) is 17.5. The van der Waals surface area contributed by atoms with Gasteiger partial charge in [-0.1, -0.05) is 30.3 Å². The van der Waals surface area contributed by atoms with Gasteiger partial charge < -0.3 is 14.2 Å². The molecule has 164 valence electrons. The molecule has 0 aliphatic carbocycles. The number of hydrogen-bond donors (Lipinski definition) is 0. The van der Waals surface area contributed by atoms with Crippen LogP contribution in [0.15, 0.2) is 48.5 Å². The number of ketones is 1. The summed E-state index contributed by atoms with van der Waals surface area (Å²) in [7, 11) is 0.